The Morgan fingerprint density at radius 2 is 1.81 bits per heavy atom. The van der Waals surface area contributed by atoms with Crippen LogP contribution >= 0.6 is 11.6 Å². The van der Waals surface area contributed by atoms with Gasteiger partial charge in [-0.05, 0) is 18.2 Å². The zero-order chi connectivity index (χ0) is 18.8. The Balaban J connectivity index is 1.69. The average molecular weight is 380 g/mol. The second-order valence-electron chi connectivity index (χ2n) is 6.55. The first-order valence-electron chi connectivity index (χ1n) is 8.59. The predicted molar refractivity (Wildman–Crippen MR) is 97.3 cm³/mol. The van der Waals surface area contributed by atoms with Crippen LogP contribution in [0.1, 0.15) is 13.3 Å². The molecule has 0 bridgehead atoms. The summed E-state index contributed by atoms with van der Waals surface area (Å²) in [5, 5.41) is 0.503. The molecule has 2 heterocycles. The van der Waals surface area contributed by atoms with E-state index in [9.17, 15) is 14.4 Å². The van der Waals surface area contributed by atoms with Crippen LogP contribution in [0.4, 0.5) is 5.69 Å². The minimum absolute atomic E-state index is 0.0207. The van der Waals surface area contributed by atoms with Crippen LogP contribution in [0.15, 0.2) is 18.2 Å². The Morgan fingerprint density at radius 3 is 2.42 bits per heavy atom. The number of methoxy groups -OCH3 is 1. The van der Waals surface area contributed by atoms with Gasteiger partial charge in [0.25, 0.3) is 0 Å². The fourth-order valence-corrected chi connectivity index (χ4v) is 3.65. The van der Waals surface area contributed by atoms with E-state index in [1.807, 2.05) is 0 Å². The Labute approximate surface area is 157 Å². The van der Waals surface area contributed by atoms with Crippen LogP contribution in [0, 0.1) is 5.92 Å². The van der Waals surface area contributed by atoms with E-state index < -0.39 is 5.92 Å². The van der Waals surface area contributed by atoms with Crippen molar-refractivity contribution in [2.24, 2.45) is 5.92 Å². The Kier molecular flexibility index (Phi) is 5.36. The van der Waals surface area contributed by atoms with Crippen LogP contribution in [-0.2, 0) is 14.4 Å². The van der Waals surface area contributed by atoms with E-state index in [1.54, 1.807) is 32.9 Å². The van der Waals surface area contributed by atoms with Gasteiger partial charge in [-0.15, -0.1) is 0 Å². The van der Waals surface area contributed by atoms with E-state index >= 15 is 0 Å². The largest absolute Gasteiger partial charge is 0.495 e. The standard InChI is InChI=1S/C18H22ClN3O4/c1-12(23)20-5-7-21(8-6-20)18(25)13-9-17(24)22(11-13)15-10-14(19)3-4-16(15)26-2/h3-4,10,13H,5-9,11H2,1-2H3/t13-/m1/s1. The monoisotopic (exact) mass is 379 g/mol. The Hall–Kier alpha value is -2.28. The molecule has 3 rings (SSSR count). The van der Waals surface area contributed by atoms with Gasteiger partial charge in [0.2, 0.25) is 17.7 Å². The lowest BCUT2D eigenvalue weighted by molar-refractivity contribution is -0.141. The molecular weight excluding hydrogens is 358 g/mol. The summed E-state index contributed by atoms with van der Waals surface area (Å²) in [6.07, 6.45) is 0.168. The van der Waals surface area contributed by atoms with Gasteiger partial charge in [-0.3, -0.25) is 14.4 Å². The Bertz CT molecular complexity index is 731. The maximum atomic E-state index is 12.8. The maximum Gasteiger partial charge on any atom is 0.228 e. The van der Waals surface area contributed by atoms with Crippen molar-refractivity contribution in [3.63, 3.8) is 0 Å². The summed E-state index contributed by atoms with van der Waals surface area (Å²) in [6.45, 7) is 3.92. The zero-order valence-electron chi connectivity index (χ0n) is 14.9. The minimum atomic E-state index is -0.393. The van der Waals surface area contributed by atoms with Crippen LogP contribution in [0.2, 0.25) is 5.02 Å². The smallest absolute Gasteiger partial charge is 0.228 e. The molecule has 1 atom stereocenters. The summed E-state index contributed by atoms with van der Waals surface area (Å²) in [4.78, 5) is 41.8. The third-order valence-corrected chi connectivity index (χ3v) is 5.18. The number of hydrogen-bond donors (Lipinski definition) is 0. The summed E-state index contributed by atoms with van der Waals surface area (Å²) < 4.78 is 5.32. The van der Waals surface area contributed by atoms with Crippen LogP contribution in [0.5, 0.6) is 5.75 Å². The average Bonchev–Trinajstić information content (AvgIpc) is 3.02. The summed E-state index contributed by atoms with van der Waals surface area (Å²) in [7, 11) is 1.53. The number of anilines is 1. The molecule has 1 aromatic rings. The fourth-order valence-electron chi connectivity index (χ4n) is 3.48. The molecule has 0 aromatic heterocycles. The van der Waals surface area contributed by atoms with E-state index in [2.05, 4.69) is 0 Å². The van der Waals surface area contributed by atoms with Crippen molar-refractivity contribution in [2.45, 2.75) is 13.3 Å². The van der Waals surface area contributed by atoms with Gasteiger partial charge in [0.05, 0.1) is 18.7 Å². The molecule has 2 saturated heterocycles. The number of piperazine rings is 1. The molecule has 140 valence electrons. The number of ether oxygens (including phenoxy) is 1. The first-order valence-corrected chi connectivity index (χ1v) is 8.96. The molecule has 2 aliphatic heterocycles. The third-order valence-electron chi connectivity index (χ3n) is 4.94. The maximum absolute atomic E-state index is 12.8. The number of amides is 3. The molecule has 3 amide bonds. The molecule has 8 heteroatoms. The summed E-state index contributed by atoms with van der Waals surface area (Å²) in [5.41, 5.74) is 0.585. The van der Waals surface area contributed by atoms with E-state index in [-0.39, 0.29) is 24.1 Å². The highest BCUT2D eigenvalue weighted by atomic mass is 35.5. The first kappa shape index (κ1) is 18.5. The van der Waals surface area contributed by atoms with Crippen molar-refractivity contribution in [3.05, 3.63) is 23.2 Å². The molecular formula is C18H22ClN3O4. The molecule has 0 unspecified atom stereocenters. The Morgan fingerprint density at radius 1 is 1.15 bits per heavy atom. The number of nitrogens with zero attached hydrogens (tertiary/aromatic N) is 3. The highest BCUT2D eigenvalue weighted by molar-refractivity contribution is 6.31. The van der Waals surface area contributed by atoms with Gasteiger partial charge in [0, 0.05) is 51.1 Å². The van der Waals surface area contributed by atoms with Crippen molar-refractivity contribution in [1.29, 1.82) is 0 Å². The summed E-state index contributed by atoms with van der Waals surface area (Å²) >= 11 is 6.06. The van der Waals surface area contributed by atoms with E-state index in [4.69, 9.17) is 16.3 Å². The topological polar surface area (TPSA) is 70.2 Å². The molecule has 2 aliphatic rings. The van der Waals surface area contributed by atoms with Crippen molar-refractivity contribution >= 4 is 35.0 Å². The number of rotatable bonds is 3. The number of carbonyl (C=O) groups is 3. The second kappa shape index (κ2) is 7.53. The van der Waals surface area contributed by atoms with Gasteiger partial charge in [-0.25, -0.2) is 0 Å². The lowest BCUT2D eigenvalue weighted by atomic mass is 10.1. The molecule has 1 aromatic carbocycles. The van der Waals surface area contributed by atoms with E-state index in [0.717, 1.165) is 0 Å². The summed E-state index contributed by atoms with van der Waals surface area (Å²) in [6, 6.07) is 5.08. The zero-order valence-corrected chi connectivity index (χ0v) is 15.7. The molecule has 0 saturated carbocycles. The molecule has 0 aliphatic carbocycles. The highest BCUT2D eigenvalue weighted by Crippen LogP contribution is 2.35. The number of carbonyl (C=O) groups excluding carboxylic acids is 3. The van der Waals surface area contributed by atoms with Crippen molar-refractivity contribution in [1.82, 2.24) is 9.80 Å². The van der Waals surface area contributed by atoms with Crippen molar-refractivity contribution < 1.29 is 19.1 Å². The van der Waals surface area contributed by atoms with Crippen LogP contribution in [0.3, 0.4) is 0 Å². The van der Waals surface area contributed by atoms with Gasteiger partial charge < -0.3 is 19.4 Å². The van der Waals surface area contributed by atoms with E-state index in [1.165, 1.54) is 14.0 Å². The van der Waals surface area contributed by atoms with Crippen LogP contribution < -0.4 is 9.64 Å². The SMILES string of the molecule is COc1ccc(Cl)cc1N1C[C@H](C(=O)N2CCN(C(C)=O)CC2)CC1=O. The lowest BCUT2D eigenvalue weighted by Crippen LogP contribution is -2.51. The summed E-state index contributed by atoms with van der Waals surface area (Å²) in [5.74, 6) is 0.0182. The molecule has 26 heavy (non-hydrogen) atoms. The second-order valence-corrected chi connectivity index (χ2v) is 6.99. The minimum Gasteiger partial charge on any atom is -0.495 e. The third kappa shape index (κ3) is 3.62. The molecule has 0 N–H and O–H groups in total. The first-order chi connectivity index (χ1) is 12.4. The van der Waals surface area contributed by atoms with Crippen molar-refractivity contribution in [2.75, 3.05) is 44.7 Å². The van der Waals surface area contributed by atoms with Gasteiger partial charge >= 0.3 is 0 Å². The van der Waals surface area contributed by atoms with Crippen LogP contribution in [0.25, 0.3) is 0 Å². The number of benzene rings is 1. The number of hydrogen-bond acceptors (Lipinski definition) is 4. The predicted octanol–water partition coefficient (Wildman–Crippen LogP) is 1.39. The van der Waals surface area contributed by atoms with E-state index in [0.29, 0.717) is 49.2 Å². The molecule has 0 radical (unpaired) electrons. The normalized spacial score (nSPS) is 20.5. The van der Waals surface area contributed by atoms with Gasteiger partial charge in [-0.1, -0.05) is 11.6 Å². The van der Waals surface area contributed by atoms with Gasteiger partial charge in [0.1, 0.15) is 5.75 Å². The van der Waals surface area contributed by atoms with Crippen LogP contribution in [-0.4, -0.2) is 67.4 Å². The number of halogens is 1. The molecule has 0 spiro atoms. The molecule has 2 fully saturated rings. The molecule has 7 nitrogen and oxygen atoms in total. The van der Waals surface area contributed by atoms with Gasteiger partial charge in [0.15, 0.2) is 0 Å². The quantitative estimate of drug-likeness (QED) is 0.795. The highest BCUT2D eigenvalue weighted by Gasteiger charge is 2.39. The fraction of sp³-hybridized carbons (Fsp3) is 0.500. The lowest BCUT2D eigenvalue weighted by Gasteiger charge is -2.35. The van der Waals surface area contributed by atoms with Gasteiger partial charge in [-0.2, -0.15) is 0 Å². The van der Waals surface area contributed by atoms with Crippen molar-refractivity contribution in [3.8, 4) is 5.75 Å².